The first-order valence-corrected chi connectivity index (χ1v) is 11.5. The first-order valence-electron chi connectivity index (χ1n) is 9.76. The second kappa shape index (κ2) is 9.21. The first-order chi connectivity index (χ1) is 14.5. The summed E-state index contributed by atoms with van der Waals surface area (Å²) in [5, 5.41) is 8.45. The Kier molecular flexibility index (Phi) is 6.82. The number of hydrogen-bond acceptors (Lipinski definition) is 8. The maximum Gasteiger partial charge on any atom is 0.278 e. The summed E-state index contributed by atoms with van der Waals surface area (Å²) in [4.78, 5) is 30.1. The molecule has 0 aliphatic heterocycles. The topological polar surface area (TPSA) is 102 Å². The van der Waals surface area contributed by atoms with Gasteiger partial charge in [0, 0.05) is 5.38 Å². The minimum atomic E-state index is -0.660. The average molecular weight is 455 g/mol. The van der Waals surface area contributed by atoms with Crippen molar-refractivity contribution < 1.29 is 9.22 Å². The normalized spacial score (nSPS) is 11.9. The summed E-state index contributed by atoms with van der Waals surface area (Å²) in [6, 6.07) is 3.69. The molecule has 1 amide bonds. The molecule has 0 bridgehead atoms. The number of amides is 1. The van der Waals surface area contributed by atoms with Crippen LogP contribution in [0.4, 0.5) is 16.5 Å². The van der Waals surface area contributed by atoms with E-state index < -0.39 is 5.60 Å². The standard InChI is InChI=1S/C21H26N6O2SSi/c1-13-11-30-19(24-13)27-18(28)17-15(25-14-9-22-12-23-10-14)7-8-16(26-17)21(5,6)29-31-20(2,3)4/h7-12,25H,1-6H3,(H,24,27,28). The van der Waals surface area contributed by atoms with Crippen molar-refractivity contribution in [3.8, 4) is 0 Å². The monoisotopic (exact) mass is 454 g/mol. The van der Waals surface area contributed by atoms with Crippen molar-refractivity contribution >= 4 is 43.5 Å². The Hall–Kier alpha value is -2.69. The fraction of sp³-hybridized carbons (Fsp3) is 0.381. The Morgan fingerprint density at radius 3 is 2.42 bits per heavy atom. The zero-order chi connectivity index (χ0) is 22.6. The molecular formula is C21H26N6O2SSi. The van der Waals surface area contributed by atoms with Gasteiger partial charge < -0.3 is 9.74 Å². The molecule has 3 aromatic heterocycles. The molecule has 0 aromatic carbocycles. The maximum atomic E-state index is 13.1. The molecule has 0 saturated carbocycles. The van der Waals surface area contributed by atoms with Crippen LogP contribution in [0.3, 0.4) is 0 Å². The number of carbonyl (C=O) groups excluding carboxylic acids is 1. The minimum absolute atomic E-state index is 0.0367. The van der Waals surface area contributed by atoms with E-state index in [1.807, 2.05) is 38.3 Å². The summed E-state index contributed by atoms with van der Waals surface area (Å²) < 4.78 is 6.18. The molecule has 0 unspecified atom stereocenters. The van der Waals surface area contributed by atoms with E-state index in [-0.39, 0.29) is 26.4 Å². The minimum Gasteiger partial charge on any atom is -0.406 e. The molecule has 162 valence electrons. The van der Waals surface area contributed by atoms with Gasteiger partial charge in [-0.3, -0.25) is 10.1 Å². The van der Waals surface area contributed by atoms with Crippen molar-refractivity contribution in [1.29, 1.82) is 0 Å². The van der Waals surface area contributed by atoms with E-state index in [2.05, 4.69) is 51.3 Å². The van der Waals surface area contributed by atoms with E-state index in [1.54, 1.807) is 12.4 Å². The lowest BCUT2D eigenvalue weighted by molar-refractivity contribution is 0.0997. The highest BCUT2D eigenvalue weighted by atomic mass is 32.1. The summed E-state index contributed by atoms with van der Waals surface area (Å²) in [6.07, 6.45) is 4.70. The maximum absolute atomic E-state index is 13.1. The fourth-order valence-electron chi connectivity index (χ4n) is 2.49. The van der Waals surface area contributed by atoms with Crippen LogP contribution in [-0.4, -0.2) is 35.6 Å². The van der Waals surface area contributed by atoms with Crippen LogP contribution in [0.15, 0.2) is 36.2 Å². The van der Waals surface area contributed by atoms with Crippen molar-refractivity contribution in [2.75, 3.05) is 10.6 Å². The van der Waals surface area contributed by atoms with Crippen molar-refractivity contribution in [2.45, 2.75) is 52.2 Å². The number of nitrogens with one attached hydrogen (secondary N) is 2. The van der Waals surface area contributed by atoms with Gasteiger partial charge in [0.15, 0.2) is 10.8 Å². The first kappa shape index (κ1) is 23.0. The highest BCUT2D eigenvalue weighted by molar-refractivity contribution is 7.13. The predicted octanol–water partition coefficient (Wildman–Crippen LogP) is 4.72. The van der Waals surface area contributed by atoms with Gasteiger partial charge in [-0.1, -0.05) is 20.8 Å². The number of thiazole rings is 1. The molecule has 0 aliphatic rings. The van der Waals surface area contributed by atoms with Crippen LogP contribution >= 0.6 is 11.3 Å². The number of aromatic nitrogens is 4. The molecule has 8 nitrogen and oxygen atoms in total. The quantitative estimate of drug-likeness (QED) is 0.498. The average Bonchev–Trinajstić information content (AvgIpc) is 3.11. The van der Waals surface area contributed by atoms with Crippen LogP contribution in [-0.2, 0) is 10.0 Å². The number of aryl methyl sites for hydroxylation is 1. The Morgan fingerprint density at radius 2 is 1.81 bits per heavy atom. The molecule has 2 N–H and O–H groups in total. The zero-order valence-electron chi connectivity index (χ0n) is 18.5. The Labute approximate surface area is 188 Å². The van der Waals surface area contributed by atoms with Gasteiger partial charge in [-0.2, -0.15) is 0 Å². The molecule has 0 spiro atoms. The Morgan fingerprint density at radius 1 is 1.10 bits per heavy atom. The Balaban J connectivity index is 1.94. The number of hydrogen-bond donors (Lipinski definition) is 2. The highest BCUT2D eigenvalue weighted by Crippen LogP contribution is 2.30. The van der Waals surface area contributed by atoms with Crippen molar-refractivity contribution in [1.82, 2.24) is 19.9 Å². The summed E-state index contributed by atoms with van der Waals surface area (Å²) >= 11 is 1.37. The number of nitrogens with zero attached hydrogens (tertiary/aromatic N) is 4. The zero-order valence-corrected chi connectivity index (χ0v) is 20.3. The molecule has 3 rings (SSSR count). The third-order valence-electron chi connectivity index (χ3n) is 4.02. The number of carbonyl (C=O) groups is 1. The molecule has 3 heterocycles. The van der Waals surface area contributed by atoms with Gasteiger partial charge in [0.2, 0.25) is 9.76 Å². The second-order valence-corrected chi connectivity index (χ2v) is 11.3. The Bertz CT molecular complexity index is 1050. The molecule has 31 heavy (non-hydrogen) atoms. The van der Waals surface area contributed by atoms with Gasteiger partial charge in [0.25, 0.3) is 5.91 Å². The van der Waals surface area contributed by atoms with Gasteiger partial charge in [-0.25, -0.2) is 19.9 Å². The van der Waals surface area contributed by atoms with Crippen molar-refractivity contribution in [2.24, 2.45) is 0 Å². The van der Waals surface area contributed by atoms with Crippen molar-refractivity contribution in [3.63, 3.8) is 0 Å². The number of pyridine rings is 1. The van der Waals surface area contributed by atoms with Crippen LogP contribution in [0.2, 0.25) is 5.04 Å². The summed E-state index contributed by atoms with van der Waals surface area (Å²) in [6.45, 7) is 12.2. The number of rotatable bonds is 7. The van der Waals surface area contributed by atoms with Gasteiger partial charge in [-0.05, 0) is 37.9 Å². The summed E-state index contributed by atoms with van der Waals surface area (Å²) in [7, 11) is 0.284. The van der Waals surface area contributed by atoms with E-state index >= 15 is 0 Å². The van der Waals surface area contributed by atoms with E-state index in [0.29, 0.717) is 22.2 Å². The molecular weight excluding hydrogens is 428 g/mol. The molecule has 0 atom stereocenters. The molecule has 3 aromatic rings. The highest BCUT2D eigenvalue weighted by Gasteiger charge is 2.28. The van der Waals surface area contributed by atoms with Gasteiger partial charge >= 0.3 is 0 Å². The second-order valence-electron chi connectivity index (χ2n) is 8.56. The summed E-state index contributed by atoms with van der Waals surface area (Å²) in [5.41, 5.74) is 2.29. The van der Waals surface area contributed by atoms with Gasteiger partial charge in [-0.15, -0.1) is 11.3 Å². The van der Waals surface area contributed by atoms with Gasteiger partial charge in [0.05, 0.1) is 40.8 Å². The van der Waals surface area contributed by atoms with E-state index in [0.717, 1.165) is 5.69 Å². The number of anilines is 3. The van der Waals surface area contributed by atoms with Crippen LogP contribution in [0.25, 0.3) is 0 Å². The third kappa shape index (κ3) is 6.39. The van der Waals surface area contributed by atoms with E-state index in [9.17, 15) is 4.79 Å². The molecule has 10 heteroatoms. The van der Waals surface area contributed by atoms with Crippen LogP contribution < -0.4 is 10.6 Å². The van der Waals surface area contributed by atoms with Gasteiger partial charge in [0.1, 0.15) is 6.33 Å². The molecule has 0 fully saturated rings. The van der Waals surface area contributed by atoms with Crippen molar-refractivity contribution in [3.05, 3.63) is 53.3 Å². The third-order valence-corrected chi connectivity index (χ3v) is 6.12. The predicted molar refractivity (Wildman–Crippen MR) is 124 cm³/mol. The summed E-state index contributed by atoms with van der Waals surface area (Å²) in [5.74, 6) is -0.357. The molecule has 0 aliphatic carbocycles. The smallest absolute Gasteiger partial charge is 0.278 e. The van der Waals surface area contributed by atoms with Crippen LogP contribution in [0.5, 0.6) is 0 Å². The fourth-order valence-corrected chi connectivity index (χ4v) is 3.84. The largest absolute Gasteiger partial charge is 0.406 e. The van der Waals surface area contributed by atoms with E-state index in [1.165, 1.54) is 17.7 Å². The SMILES string of the molecule is Cc1csc(NC(=O)c2nc(C(C)(C)O[Si]C(C)(C)C)ccc2Nc2cncnc2)n1. The molecule has 0 saturated heterocycles. The molecule has 2 radical (unpaired) electrons. The van der Waals surface area contributed by atoms with Crippen LogP contribution in [0, 0.1) is 6.92 Å². The van der Waals surface area contributed by atoms with E-state index in [4.69, 9.17) is 4.43 Å². The lowest BCUT2D eigenvalue weighted by atomic mass is 10.0. The lowest BCUT2D eigenvalue weighted by Crippen LogP contribution is -2.29. The van der Waals surface area contributed by atoms with Crippen LogP contribution in [0.1, 0.15) is 56.5 Å². The lowest BCUT2D eigenvalue weighted by Gasteiger charge is -2.29.